The minimum Gasteiger partial charge on any atom is -0.485 e. The third-order valence-corrected chi connectivity index (χ3v) is 4.16. The average molecular weight is 288 g/mol. The Morgan fingerprint density at radius 1 is 1.05 bits per heavy atom. The summed E-state index contributed by atoms with van der Waals surface area (Å²) >= 11 is 1.64. The van der Waals surface area contributed by atoms with Crippen molar-refractivity contribution in [2.75, 3.05) is 0 Å². The predicted molar refractivity (Wildman–Crippen MR) is 78.5 cm³/mol. The first-order chi connectivity index (χ1) is 9.79. The zero-order valence-electron chi connectivity index (χ0n) is 10.7. The fraction of sp³-hybridized carbons (Fsp3) is 0.125. The van der Waals surface area contributed by atoms with Gasteiger partial charge in [-0.15, -0.1) is 11.3 Å². The highest BCUT2D eigenvalue weighted by molar-refractivity contribution is 7.17. The molecule has 0 saturated heterocycles. The van der Waals surface area contributed by atoms with Gasteiger partial charge in [-0.3, -0.25) is 0 Å². The number of hydrogen-bond donors (Lipinski definition) is 1. The van der Waals surface area contributed by atoms with Gasteiger partial charge in [-0.05, 0) is 22.9 Å². The molecule has 0 aliphatic rings. The standard InChI is InChI=1S/C16H13FO2S/c17-14-6-3-4-11(8-18)16(14)19-9-12-10-20-15-7-2-1-5-13(12)15/h1-7,10,18H,8-9H2. The van der Waals surface area contributed by atoms with Crippen LogP contribution in [-0.2, 0) is 13.2 Å². The molecule has 20 heavy (non-hydrogen) atoms. The molecule has 2 nitrogen and oxygen atoms in total. The van der Waals surface area contributed by atoms with E-state index in [0.717, 1.165) is 10.9 Å². The van der Waals surface area contributed by atoms with Crippen LogP contribution in [-0.4, -0.2) is 5.11 Å². The van der Waals surface area contributed by atoms with Crippen LogP contribution in [0.3, 0.4) is 0 Å². The number of fused-ring (bicyclic) bond motifs is 1. The zero-order valence-corrected chi connectivity index (χ0v) is 11.5. The van der Waals surface area contributed by atoms with E-state index in [1.165, 1.54) is 10.8 Å². The summed E-state index contributed by atoms with van der Waals surface area (Å²) in [6.45, 7) is 0.0510. The molecule has 0 aliphatic heterocycles. The SMILES string of the molecule is OCc1cccc(F)c1OCc1csc2ccccc12. The Kier molecular flexibility index (Phi) is 3.67. The van der Waals surface area contributed by atoms with Crippen molar-refractivity contribution in [1.29, 1.82) is 0 Å². The summed E-state index contributed by atoms with van der Waals surface area (Å²) in [6.07, 6.45) is 0. The third-order valence-electron chi connectivity index (χ3n) is 3.15. The second kappa shape index (κ2) is 5.61. The van der Waals surface area contributed by atoms with Crippen LogP contribution in [0.25, 0.3) is 10.1 Å². The molecule has 0 fully saturated rings. The molecule has 0 unspecified atom stereocenters. The van der Waals surface area contributed by atoms with E-state index in [0.29, 0.717) is 5.56 Å². The molecule has 0 spiro atoms. The quantitative estimate of drug-likeness (QED) is 0.783. The van der Waals surface area contributed by atoms with Crippen LogP contribution >= 0.6 is 11.3 Å². The maximum atomic E-state index is 13.7. The highest BCUT2D eigenvalue weighted by Crippen LogP contribution is 2.28. The highest BCUT2D eigenvalue weighted by atomic mass is 32.1. The zero-order chi connectivity index (χ0) is 13.9. The minimum absolute atomic E-state index is 0.130. The minimum atomic E-state index is -0.448. The molecule has 0 atom stereocenters. The number of rotatable bonds is 4. The first kappa shape index (κ1) is 13.1. The van der Waals surface area contributed by atoms with Crippen molar-refractivity contribution in [2.45, 2.75) is 13.2 Å². The molecule has 1 aromatic heterocycles. The molecule has 2 aromatic carbocycles. The lowest BCUT2D eigenvalue weighted by Crippen LogP contribution is -2.00. The van der Waals surface area contributed by atoms with Crippen molar-refractivity contribution >= 4 is 21.4 Å². The van der Waals surface area contributed by atoms with Gasteiger partial charge in [-0.1, -0.05) is 30.3 Å². The van der Waals surface area contributed by atoms with E-state index >= 15 is 0 Å². The number of hydrogen-bond acceptors (Lipinski definition) is 3. The molecule has 0 radical (unpaired) electrons. The summed E-state index contributed by atoms with van der Waals surface area (Å²) in [5.41, 5.74) is 1.49. The van der Waals surface area contributed by atoms with E-state index in [9.17, 15) is 9.50 Å². The summed E-state index contributed by atoms with van der Waals surface area (Å²) in [5.74, 6) is -0.318. The molecule has 0 bridgehead atoms. The second-order valence-electron chi connectivity index (χ2n) is 4.43. The van der Waals surface area contributed by atoms with Crippen LogP contribution < -0.4 is 4.74 Å². The summed E-state index contributed by atoms with van der Waals surface area (Å²) in [4.78, 5) is 0. The molecule has 3 aromatic rings. The predicted octanol–water partition coefficient (Wildman–Crippen LogP) is 4.11. The van der Waals surface area contributed by atoms with Crippen molar-refractivity contribution in [3.05, 3.63) is 64.8 Å². The van der Waals surface area contributed by atoms with Crippen LogP contribution in [0.4, 0.5) is 4.39 Å². The molecule has 4 heteroatoms. The van der Waals surface area contributed by atoms with Gasteiger partial charge < -0.3 is 9.84 Å². The first-order valence-electron chi connectivity index (χ1n) is 6.25. The summed E-state index contributed by atoms with van der Waals surface area (Å²) in [6, 6.07) is 12.6. The van der Waals surface area contributed by atoms with E-state index < -0.39 is 5.82 Å². The van der Waals surface area contributed by atoms with Gasteiger partial charge in [0.1, 0.15) is 6.61 Å². The molecular formula is C16H13FO2S. The Bertz CT molecular complexity index is 736. The van der Waals surface area contributed by atoms with Gasteiger partial charge >= 0.3 is 0 Å². The van der Waals surface area contributed by atoms with Crippen LogP contribution in [0, 0.1) is 5.82 Å². The lowest BCUT2D eigenvalue weighted by molar-refractivity contribution is 0.252. The number of ether oxygens (including phenoxy) is 1. The van der Waals surface area contributed by atoms with Gasteiger partial charge in [0, 0.05) is 15.8 Å². The smallest absolute Gasteiger partial charge is 0.165 e. The molecule has 1 heterocycles. The molecular weight excluding hydrogens is 275 g/mol. The van der Waals surface area contributed by atoms with Crippen molar-refractivity contribution in [3.63, 3.8) is 0 Å². The lowest BCUT2D eigenvalue weighted by atomic mass is 10.2. The average Bonchev–Trinajstić information content (AvgIpc) is 2.89. The number of thiophene rings is 1. The topological polar surface area (TPSA) is 29.5 Å². The molecule has 0 amide bonds. The molecule has 102 valence electrons. The van der Waals surface area contributed by atoms with Crippen molar-refractivity contribution in [1.82, 2.24) is 0 Å². The summed E-state index contributed by atoms with van der Waals surface area (Å²) in [5, 5.41) is 12.4. The largest absolute Gasteiger partial charge is 0.485 e. The normalized spacial score (nSPS) is 10.9. The number of halogens is 1. The van der Waals surface area contributed by atoms with Gasteiger partial charge in [0.15, 0.2) is 11.6 Å². The van der Waals surface area contributed by atoms with Crippen molar-refractivity contribution in [3.8, 4) is 5.75 Å². The number of benzene rings is 2. The maximum absolute atomic E-state index is 13.7. The number of aliphatic hydroxyl groups is 1. The van der Waals surface area contributed by atoms with Crippen LogP contribution in [0.2, 0.25) is 0 Å². The van der Waals surface area contributed by atoms with Gasteiger partial charge in [0.05, 0.1) is 6.61 Å². The van der Waals surface area contributed by atoms with Crippen molar-refractivity contribution in [2.24, 2.45) is 0 Å². The van der Waals surface area contributed by atoms with Crippen LogP contribution in [0.15, 0.2) is 47.8 Å². The Morgan fingerprint density at radius 2 is 1.90 bits per heavy atom. The van der Waals surface area contributed by atoms with E-state index in [4.69, 9.17) is 4.74 Å². The molecule has 1 N–H and O–H groups in total. The van der Waals surface area contributed by atoms with Gasteiger partial charge in [0.2, 0.25) is 0 Å². The maximum Gasteiger partial charge on any atom is 0.165 e. The van der Waals surface area contributed by atoms with E-state index in [1.807, 2.05) is 29.6 Å². The van der Waals surface area contributed by atoms with Gasteiger partial charge in [0.25, 0.3) is 0 Å². The van der Waals surface area contributed by atoms with E-state index in [-0.39, 0.29) is 19.0 Å². The van der Waals surface area contributed by atoms with Crippen LogP contribution in [0.5, 0.6) is 5.75 Å². The second-order valence-corrected chi connectivity index (χ2v) is 5.34. The monoisotopic (exact) mass is 288 g/mol. The Labute approximate surface area is 120 Å². The lowest BCUT2D eigenvalue weighted by Gasteiger charge is -2.10. The first-order valence-corrected chi connectivity index (χ1v) is 7.13. The van der Waals surface area contributed by atoms with E-state index in [2.05, 4.69) is 0 Å². The summed E-state index contributed by atoms with van der Waals surface area (Å²) < 4.78 is 20.5. The Balaban J connectivity index is 1.87. The highest BCUT2D eigenvalue weighted by Gasteiger charge is 2.11. The van der Waals surface area contributed by atoms with Gasteiger partial charge in [-0.25, -0.2) is 4.39 Å². The fourth-order valence-electron chi connectivity index (χ4n) is 2.13. The Hall–Kier alpha value is -1.91. The number of para-hydroxylation sites is 1. The van der Waals surface area contributed by atoms with Crippen molar-refractivity contribution < 1.29 is 14.2 Å². The molecule has 3 rings (SSSR count). The third kappa shape index (κ3) is 2.40. The van der Waals surface area contributed by atoms with Crippen LogP contribution in [0.1, 0.15) is 11.1 Å². The molecule has 0 aliphatic carbocycles. The van der Waals surface area contributed by atoms with Gasteiger partial charge in [-0.2, -0.15) is 0 Å². The summed E-state index contributed by atoms with van der Waals surface area (Å²) in [7, 11) is 0. The Morgan fingerprint density at radius 3 is 2.75 bits per heavy atom. The fourth-order valence-corrected chi connectivity index (χ4v) is 3.08. The number of aliphatic hydroxyl groups excluding tert-OH is 1. The van der Waals surface area contributed by atoms with E-state index in [1.54, 1.807) is 23.5 Å². The molecule has 0 saturated carbocycles.